The van der Waals surface area contributed by atoms with Gasteiger partial charge in [-0.1, -0.05) is 0 Å². The van der Waals surface area contributed by atoms with Crippen LogP contribution in [0.3, 0.4) is 0 Å². The van der Waals surface area contributed by atoms with Gasteiger partial charge in [-0.3, -0.25) is 0 Å². The fourth-order valence-corrected chi connectivity index (χ4v) is 2.21. The minimum atomic E-state index is -2.52. The standard InChI is InChI=1S/C13H13N7/c1-6-5-9-10(16-8(3)7(2)15-9)11-12(6)20(4)13(17-11)18-19-14/h5H,1-4H3/i4D3. The molecule has 0 saturated heterocycles. The molecule has 2 heterocycles. The molecule has 0 aliphatic carbocycles. The van der Waals surface area contributed by atoms with Gasteiger partial charge in [-0.25, -0.2) is 15.0 Å². The van der Waals surface area contributed by atoms with E-state index in [1.807, 2.05) is 13.8 Å². The summed E-state index contributed by atoms with van der Waals surface area (Å²) in [5, 5.41) is 3.42. The topological polar surface area (TPSA) is 92.4 Å². The van der Waals surface area contributed by atoms with E-state index in [-0.39, 0.29) is 5.95 Å². The molecule has 0 unspecified atom stereocenters. The normalized spacial score (nSPS) is 13.8. The highest BCUT2D eigenvalue weighted by Crippen LogP contribution is 2.29. The van der Waals surface area contributed by atoms with Gasteiger partial charge in [0.2, 0.25) is 0 Å². The van der Waals surface area contributed by atoms with E-state index in [4.69, 9.17) is 9.64 Å². The van der Waals surface area contributed by atoms with Crippen molar-refractivity contribution in [2.45, 2.75) is 20.8 Å². The Labute approximate surface area is 119 Å². The Balaban J connectivity index is 2.58. The number of nitrogens with zero attached hydrogens (tertiary/aromatic N) is 7. The summed E-state index contributed by atoms with van der Waals surface area (Å²) < 4.78 is 24.1. The fraction of sp³-hybridized carbons (Fsp3) is 0.308. The molecule has 0 spiro atoms. The summed E-state index contributed by atoms with van der Waals surface area (Å²) in [6.45, 7) is 2.92. The third kappa shape index (κ3) is 1.60. The van der Waals surface area contributed by atoms with Crippen LogP contribution < -0.4 is 0 Å². The molecule has 0 saturated carbocycles. The number of aromatic nitrogens is 4. The summed E-state index contributed by atoms with van der Waals surface area (Å²) in [7, 11) is 0. The number of benzene rings is 1. The van der Waals surface area contributed by atoms with Crippen LogP contribution >= 0.6 is 0 Å². The van der Waals surface area contributed by atoms with Crippen LogP contribution in [0, 0.1) is 20.8 Å². The SMILES string of the molecule is [2H]C([2H])([2H])n1c(N=[N+]=[N-])nc2c3nc(C)c(C)nc3cc(C)c21. The van der Waals surface area contributed by atoms with Crippen molar-refractivity contribution < 1.29 is 4.11 Å². The van der Waals surface area contributed by atoms with Crippen LogP contribution in [0.5, 0.6) is 0 Å². The van der Waals surface area contributed by atoms with Crippen molar-refractivity contribution in [2.75, 3.05) is 0 Å². The first-order valence-corrected chi connectivity index (χ1v) is 5.96. The van der Waals surface area contributed by atoms with Gasteiger partial charge >= 0.3 is 0 Å². The summed E-state index contributed by atoms with van der Waals surface area (Å²) in [6, 6.07) is 1.76. The molecule has 0 N–H and O–H groups in total. The molecular formula is C13H13N7. The maximum Gasteiger partial charge on any atom is 0.197 e. The predicted octanol–water partition coefficient (Wildman–Crippen LogP) is 3.38. The lowest BCUT2D eigenvalue weighted by molar-refractivity contribution is 0.936. The fourth-order valence-electron chi connectivity index (χ4n) is 2.21. The zero-order valence-electron chi connectivity index (χ0n) is 14.2. The lowest BCUT2D eigenvalue weighted by Crippen LogP contribution is -1.96. The molecule has 0 radical (unpaired) electrons. The van der Waals surface area contributed by atoms with Gasteiger partial charge in [0, 0.05) is 16.0 Å². The van der Waals surface area contributed by atoms with Crippen LogP contribution in [0.25, 0.3) is 32.5 Å². The summed E-state index contributed by atoms with van der Waals surface area (Å²) >= 11 is 0. The van der Waals surface area contributed by atoms with Crippen molar-refractivity contribution >= 4 is 28.0 Å². The molecule has 0 atom stereocenters. The molecule has 0 fully saturated rings. The highest BCUT2D eigenvalue weighted by molar-refractivity contribution is 6.02. The number of hydrogen-bond acceptors (Lipinski definition) is 4. The second-order valence-corrected chi connectivity index (χ2v) is 4.59. The highest BCUT2D eigenvalue weighted by atomic mass is 15.3. The van der Waals surface area contributed by atoms with Gasteiger partial charge in [0.1, 0.15) is 11.0 Å². The van der Waals surface area contributed by atoms with Gasteiger partial charge in [0.25, 0.3) is 0 Å². The van der Waals surface area contributed by atoms with Gasteiger partial charge in [-0.2, -0.15) is 0 Å². The maximum atomic E-state index is 8.69. The third-order valence-electron chi connectivity index (χ3n) is 3.28. The Morgan fingerprint density at radius 2 is 1.95 bits per heavy atom. The molecule has 1 aromatic carbocycles. The lowest BCUT2D eigenvalue weighted by Gasteiger charge is -2.06. The Kier molecular flexibility index (Phi) is 1.94. The largest absolute Gasteiger partial charge is 0.325 e. The molecule has 7 heteroatoms. The average molecular weight is 270 g/mol. The first-order valence-electron chi connectivity index (χ1n) is 7.46. The van der Waals surface area contributed by atoms with Crippen LogP contribution in [0.4, 0.5) is 5.95 Å². The summed E-state index contributed by atoms with van der Waals surface area (Å²) in [5.41, 5.74) is 12.8. The number of azide groups is 1. The molecule has 20 heavy (non-hydrogen) atoms. The van der Waals surface area contributed by atoms with Crippen molar-refractivity contribution in [1.82, 2.24) is 19.5 Å². The quantitative estimate of drug-likeness (QED) is 0.385. The molecule has 0 amide bonds. The van der Waals surface area contributed by atoms with Gasteiger partial charge in [0.15, 0.2) is 5.95 Å². The maximum absolute atomic E-state index is 8.69. The zero-order valence-corrected chi connectivity index (χ0v) is 11.2. The van der Waals surface area contributed by atoms with E-state index in [0.29, 0.717) is 27.6 Å². The van der Waals surface area contributed by atoms with E-state index < -0.39 is 6.98 Å². The van der Waals surface area contributed by atoms with Crippen molar-refractivity contribution in [3.63, 3.8) is 0 Å². The molecule has 0 aliphatic rings. The summed E-state index contributed by atoms with van der Waals surface area (Å²) in [4.78, 5) is 15.8. The molecule has 2 aromatic heterocycles. The van der Waals surface area contributed by atoms with Gasteiger partial charge in [-0.05, 0) is 43.0 Å². The highest BCUT2D eigenvalue weighted by Gasteiger charge is 2.15. The first-order chi connectivity index (χ1) is 10.7. The summed E-state index contributed by atoms with van der Waals surface area (Å²) in [6.07, 6.45) is 0. The van der Waals surface area contributed by atoms with Crippen LogP contribution in [0.2, 0.25) is 0 Å². The van der Waals surface area contributed by atoms with E-state index in [1.165, 1.54) is 0 Å². The van der Waals surface area contributed by atoms with E-state index in [1.54, 1.807) is 13.0 Å². The molecule has 0 bridgehead atoms. The molecule has 100 valence electrons. The van der Waals surface area contributed by atoms with Gasteiger partial charge in [-0.15, -0.1) is 0 Å². The zero-order chi connectivity index (χ0) is 16.9. The molecular weight excluding hydrogens is 254 g/mol. The molecule has 0 aliphatic heterocycles. The Bertz CT molecular complexity index is 997. The number of fused-ring (bicyclic) bond motifs is 3. The van der Waals surface area contributed by atoms with Crippen molar-refractivity contribution in [1.29, 1.82) is 0 Å². The minimum absolute atomic E-state index is 0.210. The second-order valence-electron chi connectivity index (χ2n) is 4.59. The van der Waals surface area contributed by atoms with E-state index in [9.17, 15) is 0 Å². The van der Waals surface area contributed by atoms with E-state index in [2.05, 4.69) is 25.0 Å². The van der Waals surface area contributed by atoms with Crippen molar-refractivity contribution in [3.05, 3.63) is 33.5 Å². The smallest absolute Gasteiger partial charge is 0.197 e. The Morgan fingerprint density at radius 3 is 2.65 bits per heavy atom. The Hall–Kier alpha value is -2.66. The van der Waals surface area contributed by atoms with Crippen molar-refractivity contribution in [2.24, 2.45) is 12.1 Å². The van der Waals surface area contributed by atoms with Crippen LogP contribution in [0.15, 0.2) is 11.2 Å². The number of imidazole rings is 1. The molecule has 7 nitrogen and oxygen atoms in total. The van der Waals surface area contributed by atoms with Crippen molar-refractivity contribution in [3.8, 4) is 0 Å². The number of aryl methyl sites for hydroxylation is 4. The van der Waals surface area contributed by atoms with E-state index in [0.717, 1.165) is 16.0 Å². The minimum Gasteiger partial charge on any atom is -0.325 e. The average Bonchev–Trinajstić information content (AvgIpc) is 2.82. The number of rotatable bonds is 1. The van der Waals surface area contributed by atoms with Gasteiger partial charge in [0.05, 0.1) is 22.4 Å². The van der Waals surface area contributed by atoms with Crippen LogP contribution in [-0.2, 0) is 6.98 Å². The predicted molar refractivity (Wildman–Crippen MR) is 76.8 cm³/mol. The summed E-state index contributed by atoms with van der Waals surface area (Å²) in [5.74, 6) is -0.210. The Morgan fingerprint density at radius 1 is 1.20 bits per heavy atom. The first kappa shape index (κ1) is 9.28. The third-order valence-corrected chi connectivity index (χ3v) is 3.28. The molecule has 3 rings (SSSR count). The van der Waals surface area contributed by atoms with Crippen LogP contribution in [0.1, 0.15) is 21.1 Å². The van der Waals surface area contributed by atoms with E-state index >= 15 is 0 Å². The van der Waals surface area contributed by atoms with Crippen LogP contribution in [-0.4, -0.2) is 19.5 Å². The lowest BCUT2D eigenvalue weighted by atomic mass is 10.1. The second kappa shape index (κ2) is 4.18. The number of hydrogen-bond donors (Lipinski definition) is 0. The van der Waals surface area contributed by atoms with Gasteiger partial charge < -0.3 is 4.57 Å². The molecule has 3 aromatic rings. The monoisotopic (exact) mass is 270 g/mol.